The van der Waals surface area contributed by atoms with Crippen LogP contribution in [0, 0.1) is 5.92 Å². The molecule has 21 heavy (non-hydrogen) atoms. The van der Waals surface area contributed by atoms with Crippen LogP contribution in [0.15, 0.2) is 24.3 Å². The van der Waals surface area contributed by atoms with E-state index in [1.54, 1.807) is 0 Å². The summed E-state index contributed by atoms with van der Waals surface area (Å²) in [5.74, 6) is -5.84. The van der Waals surface area contributed by atoms with Gasteiger partial charge >= 0.3 is 12.1 Å². The summed E-state index contributed by atoms with van der Waals surface area (Å²) in [6.07, 6.45) is -5.71. The molecule has 2 atom stereocenters. The molecule has 0 radical (unpaired) electrons. The quantitative estimate of drug-likeness (QED) is 0.792. The van der Waals surface area contributed by atoms with Crippen LogP contribution in [0.1, 0.15) is 6.92 Å². The molecular formula is C13H16F5NO2. The number of aliphatic hydroxyl groups excluding tert-OH is 1. The predicted molar refractivity (Wildman–Crippen MR) is 67.7 cm³/mol. The summed E-state index contributed by atoms with van der Waals surface area (Å²) in [7, 11) is 1.40. The van der Waals surface area contributed by atoms with Gasteiger partial charge in [0.25, 0.3) is 0 Å². The van der Waals surface area contributed by atoms with Gasteiger partial charge < -0.3 is 15.2 Å². The second kappa shape index (κ2) is 6.46. The Labute approximate surface area is 118 Å². The zero-order valence-corrected chi connectivity index (χ0v) is 11.4. The number of hydrogen-bond donors (Lipinski definition) is 2. The van der Waals surface area contributed by atoms with Gasteiger partial charge in [0.15, 0.2) is 0 Å². The van der Waals surface area contributed by atoms with Crippen molar-refractivity contribution in [2.45, 2.75) is 25.1 Å². The first-order valence-corrected chi connectivity index (χ1v) is 6.09. The van der Waals surface area contributed by atoms with E-state index in [4.69, 9.17) is 9.84 Å². The maximum atomic E-state index is 13.5. The maximum Gasteiger partial charge on any atom is 0.455 e. The van der Waals surface area contributed by atoms with Crippen molar-refractivity contribution in [1.29, 1.82) is 0 Å². The Morgan fingerprint density at radius 2 is 1.67 bits per heavy atom. The molecule has 0 unspecified atom stereocenters. The molecule has 0 aliphatic rings. The van der Waals surface area contributed by atoms with Gasteiger partial charge in [0.1, 0.15) is 11.8 Å². The van der Waals surface area contributed by atoms with E-state index in [2.05, 4.69) is 5.32 Å². The third-order valence-electron chi connectivity index (χ3n) is 3.04. The Bertz CT molecular complexity index is 447. The molecule has 0 bridgehead atoms. The molecule has 0 saturated carbocycles. The summed E-state index contributed by atoms with van der Waals surface area (Å²) >= 11 is 0. The topological polar surface area (TPSA) is 41.5 Å². The molecule has 0 fully saturated rings. The lowest BCUT2D eigenvalue weighted by Gasteiger charge is -2.33. The Balaban J connectivity index is 3.03. The molecule has 3 nitrogen and oxygen atoms in total. The van der Waals surface area contributed by atoms with Crippen LogP contribution in [0.5, 0.6) is 5.75 Å². The number of aliphatic hydroxyl groups is 1. The van der Waals surface area contributed by atoms with E-state index in [-0.39, 0.29) is 5.69 Å². The minimum Gasteiger partial charge on any atom is -0.497 e. The molecule has 0 spiro atoms. The zero-order valence-electron chi connectivity index (χ0n) is 11.4. The number of hydrogen-bond acceptors (Lipinski definition) is 3. The van der Waals surface area contributed by atoms with Crippen molar-refractivity contribution >= 4 is 5.69 Å². The maximum absolute atomic E-state index is 13.5. The number of benzene rings is 1. The van der Waals surface area contributed by atoms with Crippen molar-refractivity contribution < 1.29 is 31.8 Å². The van der Waals surface area contributed by atoms with Crippen LogP contribution in [0.4, 0.5) is 27.6 Å². The predicted octanol–water partition coefficient (Wildman–Crippen LogP) is 3.30. The lowest BCUT2D eigenvalue weighted by molar-refractivity contribution is -0.291. The molecule has 0 aromatic heterocycles. The molecule has 0 amide bonds. The smallest absolute Gasteiger partial charge is 0.455 e. The molecule has 120 valence electrons. The van der Waals surface area contributed by atoms with Crippen LogP contribution in [0.3, 0.4) is 0 Å². The van der Waals surface area contributed by atoms with Crippen LogP contribution < -0.4 is 10.1 Å². The molecule has 8 heteroatoms. The van der Waals surface area contributed by atoms with Gasteiger partial charge in [-0.1, -0.05) is 6.92 Å². The summed E-state index contributed by atoms with van der Waals surface area (Å²) in [6.45, 7) is 0.306. The van der Waals surface area contributed by atoms with Crippen molar-refractivity contribution in [3.63, 3.8) is 0 Å². The second-order valence-corrected chi connectivity index (χ2v) is 4.63. The van der Waals surface area contributed by atoms with Gasteiger partial charge in [-0.05, 0) is 24.3 Å². The van der Waals surface area contributed by atoms with E-state index in [9.17, 15) is 22.0 Å². The molecule has 2 N–H and O–H groups in total. The summed E-state index contributed by atoms with van der Waals surface area (Å²) in [5.41, 5.74) is 0.0741. The van der Waals surface area contributed by atoms with Crippen LogP contribution in [-0.2, 0) is 0 Å². The number of methoxy groups -OCH3 is 1. The highest BCUT2D eigenvalue weighted by Gasteiger charge is 2.63. The normalized spacial score (nSPS) is 15.4. The van der Waals surface area contributed by atoms with Gasteiger partial charge in [-0.3, -0.25) is 0 Å². The average molecular weight is 313 g/mol. The molecule has 0 aliphatic heterocycles. The van der Waals surface area contributed by atoms with Gasteiger partial charge in [0.05, 0.1) is 7.11 Å². The number of anilines is 1. The van der Waals surface area contributed by atoms with Gasteiger partial charge in [-0.25, -0.2) is 0 Å². The number of rotatable bonds is 6. The van der Waals surface area contributed by atoms with E-state index in [0.29, 0.717) is 5.75 Å². The summed E-state index contributed by atoms with van der Waals surface area (Å²) < 4.78 is 69.5. The highest BCUT2D eigenvalue weighted by atomic mass is 19.4. The standard InChI is InChI=1S/C13H16F5NO2/c1-8(7-20)11(12(14,15)13(16,17)18)19-9-3-5-10(21-2)6-4-9/h3-6,8,11,19-20H,7H2,1-2H3/t8-,11+/m1/s1. The van der Waals surface area contributed by atoms with Crippen molar-refractivity contribution in [3.8, 4) is 5.75 Å². The Hall–Kier alpha value is -1.57. The summed E-state index contributed by atoms with van der Waals surface area (Å²) in [4.78, 5) is 0. The largest absolute Gasteiger partial charge is 0.497 e. The van der Waals surface area contributed by atoms with Crippen molar-refractivity contribution in [1.82, 2.24) is 0 Å². The molecule has 1 aromatic rings. The third-order valence-corrected chi connectivity index (χ3v) is 3.04. The van der Waals surface area contributed by atoms with Gasteiger partial charge in [-0.15, -0.1) is 0 Å². The molecule has 0 saturated heterocycles. The first-order valence-electron chi connectivity index (χ1n) is 6.09. The third kappa shape index (κ3) is 3.96. The Kier molecular flexibility index (Phi) is 5.38. The first-order chi connectivity index (χ1) is 9.63. The van der Waals surface area contributed by atoms with E-state index in [1.807, 2.05) is 0 Å². The van der Waals surface area contributed by atoms with E-state index >= 15 is 0 Å². The summed E-state index contributed by atoms with van der Waals surface area (Å²) in [6, 6.07) is 3.21. The van der Waals surface area contributed by atoms with Crippen LogP contribution >= 0.6 is 0 Å². The van der Waals surface area contributed by atoms with Crippen molar-refractivity contribution in [2.75, 3.05) is 19.0 Å². The van der Waals surface area contributed by atoms with Crippen LogP contribution in [0.25, 0.3) is 0 Å². The zero-order chi connectivity index (χ0) is 16.3. The first kappa shape index (κ1) is 17.5. The molecule has 1 aromatic carbocycles. The van der Waals surface area contributed by atoms with Gasteiger partial charge in [-0.2, -0.15) is 22.0 Å². The number of ether oxygens (including phenoxy) is 1. The average Bonchev–Trinajstić information content (AvgIpc) is 2.43. The Morgan fingerprint density at radius 3 is 2.05 bits per heavy atom. The lowest BCUT2D eigenvalue weighted by Crippen LogP contribution is -2.54. The van der Waals surface area contributed by atoms with E-state index < -0.39 is 30.7 Å². The molecule has 0 heterocycles. The van der Waals surface area contributed by atoms with Crippen molar-refractivity contribution in [3.05, 3.63) is 24.3 Å². The monoisotopic (exact) mass is 313 g/mol. The lowest BCUT2D eigenvalue weighted by atomic mass is 9.95. The van der Waals surface area contributed by atoms with E-state index in [0.717, 1.165) is 6.92 Å². The minimum atomic E-state index is -5.71. The fourth-order valence-corrected chi connectivity index (χ4v) is 1.74. The molecule has 0 aliphatic carbocycles. The number of halogens is 5. The van der Waals surface area contributed by atoms with Crippen LogP contribution in [0.2, 0.25) is 0 Å². The molecule has 1 rings (SSSR count). The number of nitrogens with one attached hydrogen (secondary N) is 1. The Morgan fingerprint density at radius 1 is 1.14 bits per heavy atom. The minimum absolute atomic E-state index is 0.0741. The number of alkyl halides is 5. The molecular weight excluding hydrogens is 297 g/mol. The van der Waals surface area contributed by atoms with E-state index in [1.165, 1.54) is 31.4 Å². The fourth-order valence-electron chi connectivity index (χ4n) is 1.74. The second-order valence-electron chi connectivity index (χ2n) is 4.63. The van der Waals surface area contributed by atoms with Crippen LogP contribution in [-0.4, -0.2) is 37.0 Å². The fraction of sp³-hybridized carbons (Fsp3) is 0.538. The van der Waals surface area contributed by atoms with Gasteiger partial charge in [0, 0.05) is 18.2 Å². The highest BCUT2D eigenvalue weighted by molar-refractivity contribution is 5.47. The highest BCUT2D eigenvalue weighted by Crippen LogP contribution is 2.41. The summed E-state index contributed by atoms with van der Waals surface area (Å²) in [5, 5.41) is 11.1. The van der Waals surface area contributed by atoms with Gasteiger partial charge in [0.2, 0.25) is 0 Å². The van der Waals surface area contributed by atoms with Crippen molar-refractivity contribution in [2.24, 2.45) is 5.92 Å². The SMILES string of the molecule is COc1ccc(N[C@@H]([C@H](C)CO)C(F)(F)C(F)(F)F)cc1.